The van der Waals surface area contributed by atoms with Gasteiger partial charge in [0.1, 0.15) is 11.9 Å². The van der Waals surface area contributed by atoms with Crippen LogP contribution in [-0.4, -0.2) is 32.7 Å². The van der Waals surface area contributed by atoms with E-state index < -0.39 is 0 Å². The number of anilines is 1. The summed E-state index contributed by atoms with van der Waals surface area (Å²) in [6.45, 7) is 6.28. The molecule has 3 heterocycles. The number of amides is 1. The third-order valence-electron chi connectivity index (χ3n) is 6.19. The molecular weight excluding hydrogens is 407 g/mol. The molecule has 7 heteroatoms. The molecule has 4 rings (SSSR count). The zero-order valence-corrected chi connectivity index (χ0v) is 18.5. The number of halogens is 2. The predicted octanol–water partition coefficient (Wildman–Crippen LogP) is 5.66. The van der Waals surface area contributed by atoms with Gasteiger partial charge in [-0.25, -0.2) is 4.68 Å². The zero-order valence-electron chi connectivity index (χ0n) is 17.0. The summed E-state index contributed by atoms with van der Waals surface area (Å²) in [4.78, 5) is 16.1. The number of nitrogens with zero attached hydrogens (tertiary/aromatic N) is 3. The second-order valence-corrected chi connectivity index (χ2v) is 8.63. The lowest BCUT2D eigenvalue weighted by atomic mass is 9.93. The average Bonchev–Trinajstić information content (AvgIpc) is 3.34. The summed E-state index contributed by atoms with van der Waals surface area (Å²) >= 11 is 12.5. The number of aromatic nitrogens is 2. The molecule has 1 unspecified atom stereocenters. The molecule has 1 aromatic carbocycles. The van der Waals surface area contributed by atoms with E-state index in [0.29, 0.717) is 10.0 Å². The van der Waals surface area contributed by atoms with Crippen LogP contribution >= 0.6 is 23.2 Å². The normalized spacial score (nSPS) is 23.9. The van der Waals surface area contributed by atoms with Crippen LogP contribution in [0.3, 0.4) is 0 Å². The van der Waals surface area contributed by atoms with Crippen molar-refractivity contribution in [2.24, 2.45) is 0 Å². The lowest BCUT2D eigenvalue weighted by molar-refractivity contribution is -0.130. The first-order chi connectivity index (χ1) is 14.0. The van der Waals surface area contributed by atoms with Gasteiger partial charge in [-0.2, -0.15) is 5.10 Å². The number of allylic oxidation sites excluding steroid dienone is 1. The number of carbonyl (C=O) groups excluding carboxylic acids is 1. The number of hydrogen-bond donors (Lipinski definition) is 1. The molecule has 2 aliphatic heterocycles. The third kappa shape index (κ3) is 3.44. The Morgan fingerprint density at radius 1 is 1.14 bits per heavy atom. The Hall–Kier alpha value is -1.98. The molecule has 0 aliphatic carbocycles. The first kappa shape index (κ1) is 20.3. The highest BCUT2D eigenvalue weighted by Crippen LogP contribution is 2.40. The lowest BCUT2D eigenvalue weighted by Gasteiger charge is -2.36. The Bertz CT molecular complexity index is 955. The molecule has 1 saturated heterocycles. The number of rotatable bonds is 4. The standard InChI is InChI=1S/C22H26Cl2N4O/c1-4-15-7-8-16(5-2)27(15)22(29)20-13(3)26-19-10-11-25-28(19)21(20)14-6-9-17(23)18(24)12-14/h6,9-12,15-16,21,26H,4-5,7-8H2,1-3H3/t15-,16-,21?/m1/s1. The van der Waals surface area contributed by atoms with Crippen LogP contribution in [0.5, 0.6) is 0 Å². The van der Waals surface area contributed by atoms with Gasteiger partial charge in [0.25, 0.3) is 5.91 Å². The number of benzene rings is 1. The van der Waals surface area contributed by atoms with E-state index in [9.17, 15) is 4.79 Å². The highest BCUT2D eigenvalue weighted by Gasteiger charge is 2.41. The van der Waals surface area contributed by atoms with Crippen molar-refractivity contribution in [3.63, 3.8) is 0 Å². The molecule has 0 radical (unpaired) electrons. The van der Waals surface area contributed by atoms with E-state index >= 15 is 0 Å². The van der Waals surface area contributed by atoms with E-state index in [1.807, 2.05) is 29.8 Å². The topological polar surface area (TPSA) is 50.2 Å². The van der Waals surface area contributed by atoms with Gasteiger partial charge in [0.15, 0.2) is 0 Å². The van der Waals surface area contributed by atoms with Gasteiger partial charge in [0.05, 0.1) is 21.8 Å². The summed E-state index contributed by atoms with van der Waals surface area (Å²) in [5.41, 5.74) is 2.47. The summed E-state index contributed by atoms with van der Waals surface area (Å²) in [6, 6.07) is 7.66. The minimum Gasteiger partial charge on any atom is -0.344 e. The minimum absolute atomic E-state index is 0.0865. The molecule has 1 fully saturated rings. The maximum atomic E-state index is 13.9. The number of likely N-dealkylation sites (tertiary alicyclic amines) is 1. The monoisotopic (exact) mass is 432 g/mol. The van der Waals surface area contributed by atoms with Gasteiger partial charge >= 0.3 is 0 Å². The number of carbonyl (C=O) groups is 1. The fourth-order valence-electron chi connectivity index (χ4n) is 4.71. The van der Waals surface area contributed by atoms with Crippen LogP contribution in [0.2, 0.25) is 10.0 Å². The molecule has 154 valence electrons. The first-order valence-corrected chi connectivity index (χ1v) is 11.0. The van der Waals surface area contributed by atoms with Crippen molar-refractivity contribution >= 4 is 34.9 Å². The van der Waals surface area contributed by atoms with Gasteiger partial charge < -0.3 is 10.2 Å². The maximum Gasteiger partial charge on any atom is 0.254 e. The molecule has 0 saturated carbocycles. The van der Waals surface area contributed by atoms with Crippen LogP contribution in [0, 0.1) is 0 Å². The smallest absolute Gasteiger partial charge is 0.254 e. The molecule has 1 aromatic heterocycles. The van der Waals surface area contributed by atoms with Gasteiger partial charge in [-0.1, -0.05) is 43.1 Å². The highest BCUT2D eigenvalue weighted by atomic mass is 35.5. The zero-order chi connectivity index (χ0) is 20.7. The summed E-state index contributed by atoms with van der Waals surface area (Å²) in [5, 5.41) is 8.84. The van der Waals surface area contributed by atoms with E-state index in [2.05, 4.69) is 29.2 Å². The second-order valence-electron chi connectivity index (χ2n) is 7.81. The van der Waals surface area contributed by atoms with Gasteiger partial charge in [-0.15, -0.1) is 0 Å². The number of nitrogens with one attached hydrogen (secondary N) is 1. The van der Waals surface area contributed by atoms with Crippen molar-refractivity contribution in [1.82, 2.24) is 14.7 Å². The summed E-state index contributed by atoms with van der Waals surface area (Å²) in [5.74, 6) is 0.944. The summed E-state index contributed by atoms with van der Waals surface area (Å²) < 4.78 is 1.86. The van der Waals surface area contributed by atoms with E-state index in [1.165, 1.54) is 0 Å². The Morgan fingerprint density at radius 3 is 2.45 bits per heavy atom. The SMILES string of the molecule is CC[C@@H]1CC[C@@H](CC)N1C(=O)C1=C(C)Nc2ccnn2C1c1ccc(Cl)c(Cl)c1. The molecule has 2 aromatic rings. The fraction of sp³-hybridized carbons (Fsp3) is 0.455. The van der Waals surface area contributed by atoms with Crippen LogP contribution in [0.15, 0.2) is 41.7 Å². The van der Waals surface area contributed by atoms with Crippen molar-refractivity contribution in [2.75, 3.05) is 5.32 Å². The van der Waals surface area contributed by atoms with Gasteiger partial charge in [-0.05, 0) is 50.3 Å². The summed E-state index contributed by atoms with van der Waals surface area (Å²) in [7, 11) is 0. The van der Waals surface area contributed by atoms with Gasteiger partial charge in [0.2, 0.25) is 0 Å². The fourth-order valence-corrected chi connectivity index (χ4v) is 5.01. The van der Waals surface area contributed by atoms with Crippen molar-refractivity contribution in [2.45, 2.75) is 64.6 Å². The van der Waals surface area contributed by atoms with Crippen molar-refractivity contribution in [3.05, 3.63) is 57.3 Å². The maximum absolute atomic E-state index is 13.9. The lowest BCUT2D eigenvalue weighted by Crippen LogP contribution is -2.44. The summed E-state index contributed by atoms with van der Waals surface area (Å²) in [6.07, 6.45) is 5.79. The van der Waals surface area contributed by atoms with E-state index in [-0.39, 0.29) is 24.0 Å². The Labute approximate surface area is 181 Å². The number of hydrogen-bond acceptors (Lipinski definition) is 3. The number of fused-ring (bicyclic) bond motifs is 1. The molecule has 3 atom stereocenters. The predicted molar refractivity (Wildman–Crippen MR) is 117 cm³/mol. The van der Waals surface area contributed by atoms with Crippen molar-refractivity contribution in [3.8, 4) is 0 Å². The second kappa shape index (κ2) is 8.04. The van der Waals surface area contributed by atoms with Crippen molar-refractivity contribution in [1.29, 1.82) is 0 Å². The van der Waals surface area contributed by atoms with E-state index in [4.69, 9.17) is 23.2 Å². The largest absolute Gasteiger partial charge is 0.344 e. The van der Waals surface area contributed by atoms with Crippen LogP contribution < -0.4 is 5.32 Å². The molecular formula is C22H26Cl2N4O. The average molecular weight is 433 g/mol. The highest BCUT2D eigenvalue weighted by molar-refractivity contribution is 6.42. The molecule has 1 N–H and O–H groups in total. The van der Waals surface area contributed by atoms with E-state index in [1.54, 1.807) is 12.3 Å². The first-order valence-electron chi connectivity index (χ1n) is 10.2. The molecule has 0 bridgehead atoms. The molecule has 1 amide bonds. The Kier molecular flexibility index (Phi) is 5.63. The van der Waals surface area contributed by atoms with E-state index in [0.717, 1.165) is 48.3 Å². The molecule has 2 aliphatic rings. The minimum atomic E-state index is -0.348. The van der Waals surface area contributed by atoms with Crippen LogP contribution in [0.25, 0.3) is 0 Å². The van der Waals surface area contributed by atoms with Gasteiger partial charge in [0, 0.05) is 23.8 Å². The quantitative estimate of drug-likeness (QED) is 0.677. The van der Waals surface area contributed by atoms with Crippen LogP contribution in [0.4, 0.5) is 5.82 Å². The van der Waals surface area contributed by atoms with Crippen LogP contribution in [-0.2, 0) is 4.79 Å². The molecule has 0 spiro atoms. The Morgan fingerprint density at radius 2 is 1.83 bits per heavy atom. The molecule has 5 nitrogen and oxygen atoms in total. The third-order valence-corrected chi connectivity index (χ3v) is 6.93. The van der Waals surface area contributed by atoms with Crippen molar-refractivity contribution < 1.29 is 4.79 Å². The van der Waals surface area contributed by atoms with Gasteiger partial charge in [-0.3, -0.25) is 4.79 Å². The molecule has 29 heavy (non-hydrogen) atoms. The Balaban J connectivity index is 1.83. The van der Waals surface area contributed by atoms with Crippen LogP contribution in [0.1, 0.15) is 58.1 Å².